The molecule has 0 aliphatic carbocycles. The number of fused-ring (bicyclic) bond motifs is 1. The van der Waals surface area contributed by atoms with Gasteiger partial charge in [0.05, 0.1) is 44.3 Å². The Labute approximate surface area is 234 Å². The van der Waals surface area contributed by atoms with Crippen molar-refractivity contribution in [3.8, 4) is 17.6 Å². The third-order valence-electron chi connectivity index (χ3n) is 6.91. The minimum atomic E-state index is -3.28. The topological polar surface area (TPSA) is 109 Å². The molecule has 5 rings (SSSR count). The molecule has 0 saturated carbocycles. The monoisotopic (exact) mass is 557 g/mol. The lowest BCUT2D eigenvalue weighted by Gasteiger charge is -2.34. The van der Waals surface area contributed by atoms with Crippen LogP contribution in [0.25, 0.3) is 0 Å². The largest absolute Gasteiger partial charge is 0.497 e. The van der Waals surface area contributed by atoms with Gasteiger partial charge in [-0.3, -0.25) is 14.3 Å². The van der Waals surface area contributed by atoms with Gasteiger partial charge in [-0.25, -0.2) is 0 Å². The van der Waals surface area contributed by atoms with Crippen LogP contribution in [-0.2, 0) is 12.5 Å². The Balaban J connectivity index is 1.40. The van der Waals surface area contributed by atoms with Gasteiger partial charge in [0, 0.05) is 22.4 Å². The van der Waals surface area contributed by atoms with Gasteiger partial charge in [0.15, 0.2) is 0 Å². The highest BCUT2D eigenvalue weighted by atomic mass is 19.3. The number of nitrogens with one attached hydrogen (secondary N) is 1. The van der Waals surface area contributed by atoms with E-state index in [4.69, 9.17) is 9.47 Å². The molecule has 0 radical (unpaired) electrons. The van der Waals surface area contributed by atoms with Crippen molar-refractivity contribution in [3.63, 3.8) is 0 Å². The number of carbonyl (C=O) groups excluding carboxylic acids is 2. The number of hydrogen-bond donors (Lipinski definition) is 1. The van der Waals surface area contributed by atoms with Gasteiger partial charge in [-0.05, 0) is 49.4 Å². The average molecular weight is 558 g/mol. The normalized spacial score (nSPS) is 14.7. The Hall–Kier alpha value is -5.24. The van der Waals surface area contributed by atoms with Crippen LogP contribution in [0, 0.1) is 11.3 Å². The SMILES string of the molecule is COc1cccc(C(F)(F)c2ccc(N3C(=O)c4c(NC(=O)c5ccc(OC)c(C#N)c5)cnn4CC3C)cc2)c1. The van der Waals surface area contributed by atoms with E-state index in [0.29, 0.717) is 23.7 Å². The summed E-state index contributed by atoms with van der Waals surface area (Å²) < 4.78 is 42.3. The zero-order chi connectivity index (χ0) is 29.3. The van der Waals surface area contributed by atoms with E-state index in [1.54, 1.807) is 6.07 Å². The summed E-state index contributed by atoms with van der Waals surface area (Å²) in [4.78, 5) is 28.1. The molecule has 3 aromatic carbocycles. The van der Waals surface area contributed by atoms with Crippen molar-refractivity contribution in [2.75, 3.05) is 24.4 Å². The zero-order valence-electron chi connectivity index (χ0n) is 22.4. The van der Waals surface area contributed by atoms with Crippen LogP contribution in [0.5, 0.6) is 11.5 Å². The minimum Gasteiger partial charge on any atom is -0.497 e. The van der Waals surface area contributed by atoms with Gasteiger partial charge in [0.25, 0.3) is 17.7 Å². The van der Waals surface area contributed by atoms with Crippen LogP contribution in [-0.4, -0.2) is 41.9 Å². The van der Waals surface area contributed by atoms with Gasteiger partial charge < -0.3 is 19.7 Å². The zero-order valence-corrected chi connectivity index (χ0v) is 22.4. The van der Waals surface area contributed by atoms with E-state index >= 15 is 8.78 Å². The lowest BCUT2D eigenvalue weighted by molar-refractivity contribution is 0.0426. The van der Waals surface area contributed by atoms with Crippen LogP contribution in [0.4, 0.5) is 20.2 Å². The first-order valence-electron chi connectivity index (χ1n) is 12.6. The summed E-state index contributed by atoms with van der Waals surface area (Å²) in [7, 11) is 2.84. The van der Waals surface area contributed by atoms with E-state index in [1.807, 2.05) is 13.0 Å². The molecule has 0 spiro atoms. The van der Waals surface area contributed by atoms with E-state index in [1.165, 1.54) is 90.7 Å². The number of anilines is 2. The van der Waals surface area contributed by atoms with E-state index in [9.17, 15) is 14.9 Å². The van der Waals surface area contributed by atoms with E-state index in [-0.39, 0.29) is 39.7 Å². The number of rotatable bonds is 7. The van der Waals surface area contributed by atoms with Crippen LogP contribution in [0.3, 0.4) is 0 Å². The standard InChI is InChI=1S/C30H25F2N5O4/c1-18-17-36-27(25(16-34-36)35-28(38)19-7-12-26(41-3)20(13-19)15-33)29(39)37(18)23-10-8-21(9-11-23)30(31,32)22-5-4-6-24(14-22)40-2/h4-14,16,18H,17H2,1-3H3,(H,35,38). The number of benzene rings is 3. The molecule has 2 heterocycles. The third-order valence-corrected chi connectivity index (χ3v) is 6.91. The molecule has 2 amide bonds. The first kappa shape index (κ1) is 27.3. The molecule has 4 aromatic rings. The Morgan fingerprint density at radius 1 is 1.07 bits per heavy atom. The number of ether oxygens (including phenoxy) is 2. The first-order valence-corrected chi connectivity index (χ1v) is 12.6. The summed E-state index contributed by atoms with van der Waals surface area (Å²) in [6.45, 7) is 2.14. The van der Waals surface area contributed by atoms with Gasteiger partial charge in [0.2, 0.25) is 0 Å². The molecule has 208 valence electrons. The summed E-state index contributed by atoms with van der Waals surface area (Å²) in [5.41, 5.74) is 0.697. The Morgan fingerprint density at radius 3 is 2.51 bits per heavy atom. The number of aromatic nitrogens is 2. The third kappa shape index (κ3) is 4.96. The second-order valence-corrected chi connectivity index (χ2v) is 9.45. The van der Waals surface area contributed by atoms with E-state index in [2.05, 4.69) is 10.4 Å². The van der Waals surface area contributed by atoms with Gasteiger partial charge in [-0.1, -0.05) is 24.3 Å². The second kappa shape index (κ2) is 10.7. The van der Waals surface area contributed by atoms with Crippen LogP contribution in [0.2, 0.25) is 0 Å². The molecule has 9 nitrogen and oxygen atoms in total. The molecule has 1 unspecified atom stereocenters. The summed E-state index contributed by atoms with van der Waals surface area (Å²) >= 11 is 0. The van der Waals surface area contributed by atoms with Crippen molar-refractivity contribution < 1.29 is 27.8 Å². The Kier molecular flexibility index (Phi) is 7.15. The lowest BCUT2D eigenvalue weighted by atomic mass is 9.99. The predicted molar refractivity (Wildman–Crippen MR) is 147 cm³/mol. The highest BCUT2D eigenvalue weighted by Crippen LogP contribution is 2.38. The van der Waals surface area contributed by atoms with Gasteiger partial charge >= 0.3 is 0 Å². The summed E-state index contributed by atoms with van der Waals surface area (Å²) in [5, 5.41) is 16.3. The minimum absolute atomic E-state index is 0.149. The van der Waals surface area contributed by atoms with Crippen LogP contribution in [0.15, 0.2) is 72.9 Å². The highest BCUT2D eigenvalue weighted by Gasteiger charge is 2.37. The predicted octanol–water partition coefficient (Wildman–Crippen LogP) is 5.21. The van der Waals surface area contributed by atoms with Crippen molar-refractivity contribution in [1.29, 1.82) is 5.26 Å². The number of methoxy groups -OCH3 is 2. The number of nitrogens with zero attached hydrogens (tertiary/aromatic N) is 4. The van der Waals surface area contributed by atoms with E-state index < -0.39 is 17.7 Å². The van der Waals surface area contributed by atoms with Gasteiger partial charge in [-0.2, -0.15) is 19.1 Å². The second-order valence-electron chi connectivity index (χ2n) is 9.45. The fourth-order valence-corrected chi connectivity index (χ4v) is 4.81. The fraction of sp³-hybridized carbons (Fsp3) is 0.200. The van der Waals surface area contributed by atoms with E-state index in [0.717, 1.165) is 0 Å². The van der Waals surface area contributed by atoms with Gasteiger partial charge in [0.1, 0.15) is 23.3 Å². The number of nitriles is 1. The van der Waals surface area contributed by atoms with Crippen molar-refractivity contribution in [2.45, 2.75) is 25.4 Å². The molecule has 1 aliphatic rings. The van der Waals surface area contributed by atoms with Crippen LogP contribution >= 0.6 is 0 Å². The molecule has 1 N–H and O–H groups in total. The maximum absolute atomic E-state index is 15.3. The maximum Gasteiger partial charge on any atom is 0.298 e. The number of hydrogen-bond acceptors (Lipinski definition) is 6. The van der Waals surface area contributed by atoms with Crippen molar-refractivity contribution in [3.05, 3.63) is 101 Å². The quantitative estimate of drug-likeness (QED) is 0.334. The summed E-state index contributed by atoms with van der Waals surface area (Å²) in [6, 6.07) is 17.3. The first-order chi connectivity index (χ1) is 19.7. The number of amides is 2. The maximum atomic E-state index is 15.3. The number of halogens is 2. The van der Waals surface area contributed by atoms with Crippen LogP contribution < -0.4 is 19.7 Å². The Bertz CT molecular complexity index is 1680. The molecule has 11 heteroatoms. The molecule has 1 aromatic heterocycles. The smallest absolute Gasteiger partial charge is 0.298 e. The Morgan fingerprint density at radius 2 is 1.83 bits per heavy atom. The molecule has 1 aliphatic heterocycles. The molecular formula is C30H25F2N5O4. The lowest BCUT2D eigenvalue weighted by Crippen LogP contribution is -2.47. The van der Waals surface area contributed by atoms with Crippen molar-refractivity contribution in [1.82, 2.24) is 9.78 Å². The molecular weight excluding hydrogens is 532 g/mol. The van der Waals surface area contributed by atoms with Crippen molar-refractivity contribution in [2.24, 2.45) is 0 Å². The van der Waals surface area contributed by atoms with Gasteiger partial charge in [-0.15, -0.1) is 0 Å². The molecule has 0 saturated heterocycles. The molecule has 1 atom stereocenters. The highest BCUT2D eigenvalue weighted by molar-refractivity contribution is 6.13. The molecule has 0 fully saturated rings. The summed E-state index contributed by atoms with van der Waals surface area (Å²) in [6.07, 6.45) is 1.38. The van der Waals surface area contributed by atoms with Crippen LogP contribution in [0.1, 0.15) is 44.5 Å². The number of alkyl halides is 2. The van der Waals surface area contributed by atoms with Crippen molar-refractivity contribution >= 4 is 23.2 Å². The number of carbonyl (C=O) groups is 2. The average Bonchev–Trinajstić information content (AvgIpc) is 3.39. The molecule has 0 bridgehead atoms. The fourth-order valence-electron chi connectivity index (χ4n) is 4.81. The summed E-state index contributed by atoms with van der Waals surface area (Å²) in [5.74, 6) is -3.62. The molecule has 41 heavy (non-hydrogen) atoms.